The number of hydrogen-bond acceptors (Lipinski definition) is 3. The Bertz CT molecular complexity index is 581. The number of anilines is 1. The second kappa shape index (κ2) is 7.42. The molecule has 0 saturated heterocycles. The van der Waals surface area contributed by atoms with Crippen LogP contribution in [0.4, 0.5) is 10.2 Å². The molecular formula is C15H18FN3O2. The summed E-state index contributed by atoms with van der Waals surface area (Å²) in [5, 5.41) is 9.44. The molecule has 21 heavy (non-hydrogen) atoms. The molecule has 0 aliphatic carbocycles. The fourth-order valence-electron chi connectivity index (χ4n) is 1.84. The predicted octanol–water partition coefficient (Wildman–Crippen LogP) is 2.91. The van der Waals surface area contributed by atoms with Crippen molar-refractivity contribution in [2.75, 3.05) is 11.9 Å². The lowest BCUT2D eigenvalue weighted by Gasteiger charge is -2.07. The summed E-state index contributed by atoms with van der Waals surface area (Å²) in [7, 11) is 0. The van der Waals surface area contributed by atoms with Gasteiger partial charge < -0.3 is 10.1 Å². The maximum Gasteiger partial charge on any atom is 0.225 e. The first-order valence-electron chi connectivity index (χ1n) is 6.89. The molecule has 0 bridgehead atoms. The number of carbonyl (C=O) groups is 1. The van der Waals surface area contributed by atoms with Crippen molar-refractivity contribution in [2.45, 2.75) is 26.2 Å². The number of benzene rings is 1. The van der Waals surface area contributed by atoms with Gasteiger partial charge in [-0.15, -0.1) is 0 Å². The molecule has 2 N–H and O–H groups in total. The average molecular weight is 291 g/mol. The number of rotatable bonds is 7. The number of H-pyrrole nitrogens is 1. The quantitative estimate of drug-likeness (QED) is 0.771. The highest BCUT2D eigenvalue weighted by Gasteiger charge is 2.07. The van der Waals surface area contributed by atoms with Crippen LogP contribution in [0.1, 0.15) is 25.3 Å². The Labute approximate surface area is 122 Å². The Hall–Kier alpha value is -2.37. The lowest BCUT2D eigenvalue weighted by atomic mass is 10.2. The minimum atomic E-state index is -0.298. The number of nitrogens with one attached hydrogen (secondary N) is 2. The van der Waals surface area contributed by atoms with Crippen LogP contribution in [0.2, 0.25) is 0 Å². The zero-order valence-electron chi connectivity index (χ0n) is 11.9. The standard InChI is InChI=1S/C15H18FN3O2/c1-2-11-10-17-19-15(11)18-14(20)4-3-9-21-13-7-5-12(16)6-8-13/h5-8,10H,2-4,9H2,1H3,(H2,17,18,19,20). The molecule has 0 saturated carbocycles. The van der Waals surface area contributed by atoms with Crippen LogP contribution in [0.15, 0.2) is 30.5 Å². The van der Waals surface area contributed by atoms with Crippen LogP contribution in [0.3, 0.4) is 0 Å². The molecule has 1 aromatic carbocycles. The second-order valence-corrected chi connectivity index (χ2v) is 4.58. The van der Waals surface area contributed by atoms with Gasteiger partial charge in [0.05, 0.1) is 12.8 Å². The Morgan fingerprint density at radius 2 is 2.14 bits per heavy atom. The van der Waals surface area contributed by atoms with Gasteiger partial charge in [-0.1, -0.05) is 6.92 Å². The molecule has 0 spiro atoms. The fraction of sp³-hybridized carbons (Fsp3) is 0.333. The minimum absolute atomic E-state index is 0.0864. The van der Waals surface area contributed by atoms with E-state index in [4.69, 9.17) is 4.74 Å². The van der Waals surface area contributed by atoms with E-state index in [1.54, 1.807) is 18.3 Å². The highest BCUT2D eigenvalue weighted by atomic mass is 19.1. The second-order valence-electron chi connectivity index (χ2n) is 4.58. The van der Waals surface area contributed by atoms with Crippen molar-refractivity contribution in [3.8, 4) is 5.75 Å². The summed E-state index contributed by atoms with van der Waals surface area (Å²) in [6, 6.07) is 5.81. The molecule has 0 fully saturated rings. The third kappa shape index (κ3) is 4.59. The fourth-order valence-corrected chi connectivity index (χ4v) is 1.84. The summed E-state index contributed by atoms with van der Waals surface area (Å²) >= 11 is 0. The van der Waals surface area contributed by atoms with E-state index < -0.39 is 0 Å². The topological polar surface area (TPSA) is 67.0 Å². The SMILES string of the molecule is CCc1cn[nH]c1NC(=O)CCCOc1ccc(F)cc1. The van der Waals surface area contributed by atoms with Gasteiger partial charge in [-0.2, -0.15) is 5.10 Å². The molecule has 1 amide bonds. The number of halogens is 1. The predicted molar refractivity (Wildman–Crippen MR) is 77.7 cm³/mol. The average Bonchev–Trinajstić information content (AvgIpc) is 2.92. The van der Waals surface area contributed by atoms with Crippen LogP contribution in [0, 0.1) is 5.82 Å². The summed E-state index contributed by atoms with van der Waals surface area (Å²) < 4.78 is 18.1. The number of carbonyl (C=O) groups excluding carboxylic acids is 1. The molecule has 2 rings (SSSR count). The van der Waals surface area contributed by atoms with E-state index in [-0.39, 0.29) is 11.7 Å². The summed E-state index contributed by atoms with van der Waals surface area (Å²) in [5.41, 5.74) is 0.978. The van der Waals surface area contributed by atoms with E-state index in [1.807, 2.05) is 6.92 Å². The number of amides is 1. The van der Waals surface area contributed by atoms with Crippen LogP contribution >= 0.6 is 0 Å². The monoisotopic (exact) mass is 291 g/mol. The molecule has 0 atom stereocenters. The lowest BCUT2D eigenvalue weighted by molar-refractivity contribution is -0.116. The number of nitrogens with zero attached hydrogens (tertiary/aromatic N) is 1. The zero-order chi connectivity index (χ0) is 15.1. The van der Waals surface area contributed by atoms with E-state index in [0.29, 0.717) is 31.0 Å². The summed E-state index contributed by atoms with van der Waals surface area (Å²) in [6.45, 7) is 2.40. The van der Waals surface area contributed by atoms with Gasteiger partial charge in [0, 0.05) is 12.0 Å². The van der Waals surface area contributed by atoms with E-state index in [0.717, 1.165) is 12.0 Å². The lowest BCUT2D eigenvalue weighted by Crippen LogP contribution is -2.14. The smallest absolute Gasteiger partial charge is 0.225 e. The van der Waals surface area contributed by atoms with Crippen LogP contribution in [-0.2, 0) is 11.2 Å². The van der Waals surface area contributed by atoms with Crippen LogP contribution < -0.4 is 10.1 Å². The van der Waals surface area contributed by atoms with E-state index in [2.05, 4.69) is 15.5 Å². The minimum Gasteiger partial charge on any atom is -0.494 e. The van der Waals surface area contributed by atoms with Crippen molar-refractivity contribution >= 4 is 11.7 Å². The largest absolute Gasteiger partial charge is 0.494 e. The molecule has 2 aromatic rings. The van der Waals surface area contributed by atoms with Crippen LogP contribution in [0.25, 0.3) is 0 Å². The van der Waals surface area contributed by atoms with Crippen molar-refractivity contribution in [2.24, 2.45) is 0 Å². The Morgan fingerprint density at radius 1 is 1.38 bits per heavy atom. The van der Waals surface area contributed by atoms with Gasteiger partial charge in [-0.05, 0) is 37.1 Å². The van der Waals surface area contributed by atoms with Gasteiger partial charge in [-0.25, -0.2) is 4.39 Å². The van der Waals surface area contributed by atoms with Crippen LogP contribution in [0.5, 0.6) is 5.75 Å². The van der Waals surface area contributed by atoms with Gasteiger partial charge in [0.15, 0.2) is 0 Å². The molecule has 0 aliphatic heterocycles. The Balaban J connectivity index is 1.68. The molecule has 1 aromatic heterocycles. The van der Waals surface area contributed by atoms with Gasteiger partial charge >= 0.3 is 0 Å². The van der Waals surface area contributed by atoms with E-state index >= 15 is 0 Å². The van der Waals surface area contributed by atoms with Crippen molar-refractivity contribution in [1.82, 2.24) is 10.2 Å². The Morgan fingerprint density at radius 3 is 2.86 bits per heavy atom. The summed E-state index contributed by atoms with van der Waals surface area (Å²) in [4.78, 5) is 11.8. The van der Waals surface area contributed by atoms with Crippen molar-refractivity contribution in [3.05, 3.63) is 41.8 Å². The normalized spacial score (nSPS) is 10.4. The third-order valence-electron chi connectivity index (χ3n) is 2.99. The highest BCUT2D eigenvalue weighted by molar-refractivity contribution is 5.90. The van der Waals surface area contributed by atoms with Crippen molar-refractivity contribution < 1.29 is 13.9 Å². The number of hydrogen-bond donors (Lipinski definition) is 2. The van der Waals surface area contributed by atoms with E-state index in [9.17, 15) is 9.18 Å². The summed E-state index contributed by atoms with van der Waals surface area (Å²) in [5.74, 6) is 0.866. The van der Waals surface area contributed by atoms with Gasteiger partial charge in [-0.3, -0.25) is 9.89 Å². The molecule has 0 radical (unpaired) electrons. The third-order valence-corrected chi connectivity index (χ3v) is 2.99. The number of aromatic amines is 1. The van der Waals surface area contributed by atoms with Gasteiger partial charge in [0.2, 0.25) is 5.91 Å². The molecular weight excluding hydrogens is 273 g/mol. The molecule has 6 heteroatoms. The first-order chi connectivity index (χ1) is 10.2. The van der Waals surface area contributed by atoms with Crippen LogP contribution in [-0.4, -0.2) is 22.7 Å². The molecule has 5 nitrogen and oxygen atoms in total. The van der Waals surface area contributed by atoms with Gasteiger partial charge in [0.25, 0.3) is 0 Å². The first kappa shape index (κ1) is 15.0. The number of ether oxygens (including phenoxy) is 1. The molecule has 112 valence electrons. The maximum absolute atomic E-state index is 12.7. The van der Waals surface area contributed by atoms with Crippen molar-refractivity contribution in [1.29, 1.82) is 0 Å². The molecule has 1 heterocycles. The first-order valence-corrected chi connectivity index (χ1v) is 6.89. The summed E-state index contributed by atoms with van der Waals surface area (Å²) in [6.07, 6.45) is 3.44. The van der Waals surface area contributed by atoms with Crippen molar-refractivity contribution in [3.63, 3.8) is 0 Å². The Kier molecular flexibility index (Phi) is 5.31. The number of aromatic nitrogens is 2. The molecule has 0 aliphatic rings. The highest BCUT2D eigenvalue weighted by Crippen LogP contribution is 2.13. The van der Waals surface area contributed by atoms with E-state index in [1.165, 1.54) is 12.1 Å². The number of aryl methyl sites for hydroxylation is 1. The van der Waals surface area contributed by atoms with Gasteiger partial charge in [0.1, 0.15) is 17.4 Å². The zero-order valence-corrected chi connectivity index (χ0v) is 11.9. The maximum atomic E-state index is 12.7. The molecule has 0 unspecified atom stereocenters.